The summed E-state index contributed by atoms with van der Waals surface area (Å²) < 4.78 is 0. The minimum absolute atomic E-state index is 0.194. The number of thiophene rings is 1. The van der Waals surface area contributed by atoms with Crippen molar-refractivity contribution in [3.8, 4) is 0 Å². The van der Waals surface area contributed by atoms with Crippen molar-refractivity contribution in [1.29, 1.82) is 0 Å². The van der Waals surface area contributed by atoms with E-state index in [-0.39, 0.29) is 5.91 Å². The largest absolute Gasteiger partial charge is 0.358 e. The van der Waals surface area contributed by atoms with E-state index in [1.165, 1.54) is 0 Å². The first-order valence-electron chi connectivity index (χ1n) is 7.11. The van der Waals surface area contributed by atoms with Gasteiger partial charge in [-0.3, -0.25) is 4.79 Å². The van der Waals surface area contributed by atoms with E-state index < -0.39 is 0 Å². The molecule has 0 aliphatic carbocycles. The lowest BCUT2D eigenvalue weighted by Crippen LogP contribution is -2.35. The number of aromatic nitrogens is 1. The van der Waals surface area contributed by atoms with Crippen molar-refractivity contribution in [2.45, 2.75) is 19.9 Å². The zero-order chi connectivity index (χ0) is 14.8. The Bertz CT molecular complexity index is 639. The summed E-state index contributed by atoms with van der Waals surface area (Å²) in [6.07, 6.45) is 0.496. The third-order valence-electron chi connectivity index (χ3n) is 3.78. The lowest BCUT2D eigenvalue weighted by Gasteiger charge is -2.20. The average Bonchev–Trinajstić information content (AvgIpc) is 2.91. The Morgan fingerprint density at radius 3 is 2.95 bits per heavy atom. The number of fused-ring (bicyclic) bond motifs is 1. The molecule has 21 heavy (non-hydrogen) atoms. The highest BCUT2D eigenvalue weighted by atomic mass is 32.1. The topological polar surface area (TPSA) is 36.4 Å². The first-order chi connectivity index (χ1) is 10.1. The summed E-state index contributed by atoms with van der Waals surface area (Å²) in [5.41, 5.74) is 2.14. The average molecular weight is 301 g/mol. The molecule has 0 atom stereocenters. The normalized spacial score (nSPS) is 14.8. The molecule has 5 heteroatoms. The number of carbonyl (C=O) groups excluding carboxylic acids is 1. The van der Waals surface area contributed by atoms with Crippen LogP contribution in [0.3, 0.4) is 0 Å². The fourth-order valence-electron chi connectivity index (χ4n) is 2.57. The maximum Gasteiger partial charge on any atom is 0.228 e. The number of hydrogen-bond donors (Lipinski definition) is 0. The smallest absolute Gasteiger partial charge is 0.228 e. The number of nitrogens with zero attached hydrogens (tertiary/aromatic N) is 3. The third-order valence-corrected chi connectivity index (χ3v) is 4.66. The molecule has 0 N–H and O–H groups in total. The first kappa shape index (κ1) is 14.1. The summed E-state index contributed by atoms with van der Waals surface area (Å²) in [6, 6.07) is 8.11. The van der Waals surface area contributed by atoms with Crippen LogP contribution < -0.4 is 4.90 Å². The fraction of sp³-hybridized carbons (Fsp3) is 0.375. The van der Waals surface area contributed by atoms with Crippen molar-refractivity contribution < 1.29 is 4.79 Å². The van der Waals surface area contributed by atoms with Crippen LogP contribution in [0.25, 0.3) is 0 Å². The highest BCUT2D eigenvalue weighted by molar-refractivity contribution is 7.10. The van der Waals surface area contributed by atoms with Gasteiger partial charge in [-0.05, 0) is 24.4 Å². The van der Waals surface area contributed by atoms with E-state index in [9.17, 15) is 4.79 Å². The monoisotopic (exact) mass is 301 g/mol. The molecule has 0 spiro atoms. The van der Waals surface area contributed by atoms with E-state index in [0.29, 0.717) is 13.0 Å². The van der Waals surface area contributed by atoms with Crippen LogP contribution in [-0.2, 0) is 17.8 Å². The van der Waals surface area contributed by atoms with Crippen LogP contribution in [0, 0.1) is 6.92 Å². The predicted octanol–water partition coefficient (Wildman–Crippen LogP) is 2.47. The van der Waals surface area contributed by atoms with Crippen molar-refractivity contribution in [2.75, 3.05) is 25.0 Å². The molecule has 1 aliphatic rings. The number of likely N-dealkylation sites (N-methyl/N-ethyl adjacent to an activating group) is 1. The molecule has 0 saturated carbocycles. The maximum absolute atomic E-state index is 12.5. The quantitative estimate of drug-likeness (QED) is 0.855. The van der Waals surface area contributed by atoms with Crippen LogP contribution in [0.2, 0.25) is 0 Å². The molecule has 2 aromatic heterocycles. The Morgan fingerprint density at radius 1 is 1.33 bits per heavy atom. The van der Waals surface area contributed by atoms with Gasteiger partial charge in [-0.25, -0.2) is 4.98 Å². The van der Waals surface area contributed by atoms with Crippen LogP contribution in [0.1, 0.15) is 16.1 Å². The van der Waals surface area contributed by atoms with Crippen molar-refractivity contribution in [1.82, 2.24) is 9.88 Å². The SMILES string of the molecule is Cc1ccc2c(n1)N(C)CCN(C(=O)Cc1cccs1)C2. The molecule has 110 valence electrons. The Balaban J connectivity index is 1.79. The molecule has 3 heterocycles. The summed E-state index contributed by atoms with van der Waals surface area (Å²) in [5, 5.41) is 2.01. The minimum atomic E-state index is 0.194. The summed E-state index contributed by atoms with van der Waals surface area (Å²) in [7, 11) is 2.04. The molecule has 1 aliphatic heterocycles. The number of carbonyl (C=O) groups is 1. The van der Waals surface area contributed by atoms with E-state index in [4.69, 9.17) is 0 Å². The number of pyridine rings is 1. The lowest BCUT2D eigenvalue weighted by atomic mass is 10.2. The number of anilines is 1. The van der Waals surface area contributed by atoms with Gasteiger partial charge in [-0.15, -0.1) is 11.3 Å². The number of rotatable bonds is 2. The van der Waals surface area contributed by atoms with Crippen LogP contribution >= 0.6 is 11.3 Å². The summed E-state index contributed by atoms with van der Waals surface area (Å²) in [5.74, 6) is 1.20. The second-order valence-corrected chi connectivity index (χ2v) is 6.46. The van der Waals surface area contributed by atoms with Gasteiger partial charge in [0.25, 0.3) is 0 Å². The van der Waals surface area contributed by atoms with Gasteiger partial charge in [0.15, 0.2) is 0 Å². The van der Waals surface area contributed by atoms with Crippen molar-refractivity contribution in [2.24, 2.45) is 0 Å². The molecule has 0 bridgehead atoms. The van der Waals surface area contributed by atoms with Crippen molar-refractivity contribution >= 4 is 23.1 Å². The van der Waals surface area contributed by atoms with Gasteiger partial charge >= 0.3 is 0 Å². The molecule has 0 saturated heterocycles. The molecule has 2 aromatic rings. The van der Waals surface area contributed by atoms with E-state index >= 15 is 0 Å². The van der Waals surface area contributed by atoms with Crippen LogP contribution in [0.15, 0.2) is 29.6 Å². The molecular formula is C16H19N3OS. The standard InChI is InChI=1S/C16H19N3OS/c1-12-5-6-13-11-19(8-7-18(2)16(13)17-12)15(20)10-14-4-3-9-21-14/h3-6,9H,7-8,10-11H2,1-2H3. The summed E-state index contributed by atoms with van der Waals surface area (Å²) in [6.45, 7) is 4.21. The van der Waals surface area contributed by atoms with E-state index in [2.05, 4.69) is 16.0 Å². The van der Waals surface area contributed by atoms with E-state index in [1.54, 1.807) is 11.3 Å². The third kappa shape index (κ3) is 3.08. The molecular weight excluding hydrogens is 282 g/mol. The maximum atomic E-state index is 12.5. The lowest BCUT2D eigenvalue weighted by molar-refractivity contribution is -0.130. The second kappa shape index (κ2) is 5.85. The summed E-state index contributed by atoms with van der Waals surface area (Å²) >= 11 is 1.64. The molecule has 1 amide bonds. The van der Waals surface area contributed by atoms with Gasteiger partial charge in [-0.1, -0.05) is 12.1 Å². The van der Waals surface area contributed by atoms with E-state index in [1.807, 2.05) is 42.5 Å². The molecule has 0 unspecified atom stereocenters. The molecule has 0 radical (unpaired) electrons. The number of aryl methyl sites for hydroxylation is 1. The predicted molar refractivity (Wildman–Crippen MR) is 85.7 cm³/mol. The van der Waals surface area contributed by atoms with Crippen LogP contribution in [0.4, 0.5) is 5.82 Å². The van der Waals surface area contributed by atoms with Crippen molar-refractivity contribution in [3.05, 3.63) is 45.8 Å². The van der Waals surface area contributed by atoms with Gasteiger partial charge in [-0.2, -0.15) is 0 Å². The van der Waals surface area contributed by atoms with Crippen LogP contribution in [-0.4, -0.2) is 35.9 Å². The first-order valence-corrected chi connectivity index (χ1v) is 7.99. The summed E-state index contributed by atoms with van der Waals surface area (Å²) in [4.78, 5) is 22.3. The zero-order valence-corrected chi connectivity index (χ0v) is 13.2. The Morgan fingerprint density at radius 2 is 2.19 bits per heavy atom. The van der Waals surface area contributed by atoms with Gasteiger partial charge < -0.3 is 9.80 Å². The Labute approximate surface area is 129 Å². The molecule has 0 fully saturated rings. The highest BCUT2D eigenvalue weighted by Gasteiger charge is 2.22. The van der Waals surface area contributed by atoms with Gasteiger partial charge in [0.2, 0.25) is 5.91 Å². The van der Waals surface area contributed by atoms with Gasteiger partial charge in [0.1, 0.15) is 5.82 Å². The highest BCUT2D eigenvalue weighted by Crippen LogP contribution is 2.23. The van der Waals surface area contributed by atoms with E-state index in [0.717, 1.165) is 35.0 Å². The van der Waals surface area contributed by atoms with Gasteiger partial charge in [0.05, 0.1) is 6.42 Å². The fourth-order valence-corrected chi connectivity index (χ4v) is 3.27. The second-order valence-electron chi connectivity index (χ2n) is 5.43. The van der Waals surface area contributed by atoms with Gasteiger partial charge in [0, 0.05) is 42.8 Å². The molecule has 3 rings (SSSR count). The van der Waals surface area contributed by atoms with Crippen LogP contribution in [0.5, 0.6) is 0 Å². The Kier molecular flexibility index (Phi) is 3.92. The molecule has 4 nitrogen and oxygen atoms in total. The number of hydrogen-bond acceptors (Lipinski definition) is 4. The minimum Gasteiger partial charge on any atom is -0.358 e. The van der Waals surface area contributed by atoms with Crippen molar-refractivity contribution in [3.63, 3.8) is 0 Å². The molecule has 0 aromatic carbocycles. The zero-order valence-electron chi connectivity index (χ0n) is 12.4. The Hall–Kier alpha value is -1.88. The number of amides is 1.